The summed E-state index contributed by atoms with van der Waals surface area (Å²) < 4.78 is 0. The number of nitro benzene ring substituents is 1. The van der Waals surface area contributed by atoms with Crippen molar-refractivity contribution in [1.29, 1.82) is 0 Å². The second-order valence-electron chi connectivity index (χ2n) is 8.40. The summed E-state index contributed by atoms with van der Waals surface area (Å²) in [5.41, 5.74) is 4.98. The summed E-state index contributed by atoms with van der Waals surface area (Å²) in [5, 5.41) is 10.8. The highest BCUT2D eigenvalue weighted by Gasteiger charge is 2.51. The summed E-state index contributed by atoms with van der Waals surface area (Å²) in [7, 11) is 0. The summed E-state index contributed by atoms with van der Waals surface area (Å²) in [6.45, 7) is 0. The van der Waals surface area contributed by atoms with Gasteiger partial charge in [-0.15, -0.1) is 0 Å². The normalized spacial score (nSPS) is 31.5. The zero-order valence-corrected chi connectivity index (χ0v) is 14.6. The Balaban J connectivity index is 1.34. The third kappa shape index (κ3) is 3.30. The first-order chi connectivity index (χ1) is 12.4. The number of nitrogens with zero attached hydrogens (tertiary/aromatic N) is 1. The standard InChI is InChI=1S/C19H23N3O4/c23-17(11-19-8-12-4-13(9-19)6-14(5-12)10-19)20-21-18(24)15-2-1-3-16(7-15)22(25)26/h1-3,7,12-14H,4-6,8-11H2,(H,20,23)(H,21,24). The van der Waals surface area contributed by atoms with Gasteiger partial charge in [0.25, 0.3) is 11.6 Å². The molecular formula is C19H23N3O4. The Kier molecular flexibility index (Phi) is 4.17. The van der Waals surface area contributed by atoms with Crippen LogP contribution in [0.3, 0.4) is 0 Å². The zero-order chi connectivity index (χ0) is 18.3. The van der Waals surface area contributed by atoms with Gasteiger partial charge in [-0.3, -0.25) is 30.6 Å². The zero-order valence-electron chi connectivity index (χ0n) is 14.6. The predicted octanol–water partition coefficient (Wildman–Crippen LogP) is 2.96. The van der Waals surface area contributed by atoms with Gasteiger partial charge in [0.1, 0.15) is 0 Å². The second kappa shape index (κ2) is 6.37. The summed E-state index contributed by atoms with van der Waals surface area (Å²) in [5.74, 6) is 1.59. The largest absolute Gasteiger partial charge is 0.273 e. The van der Waals surface area contributed by atoms with Crippen LogP contribution in [-0.4, -0.2) is 16.7 Å². The van der Waals surface area contributed by atoms with Gasteiger partial charge in [0.05, 0.1) is 4.92 Å². The molecule has 0 saturated heterocycles. The fourth-order valence-electron chi connectivity index (χ4n) is 5.85. The fraction of sp³-hybridized carbons (Fsp3) is 0.579. The molecule has 1 aromatic rings. The number of nitro groups is 1. The highest BCUT2D eigenvalue weighted by atomic mass is 16.6. The maximum atomic E-state index is 12.4. The predicted molar refractivity (Wildman–Crippen MR) is 93.9 cm³/mol. The van der Waals surface area contributed by atoms with Gasteiger partial charge in [0.2, 0.25) is 5.91 Å². The fourth-order valence-corrected chi connectivity index (χ4v) is 5.85. The number of nitrogens with one attached hydrogen (secondary N) is 2. The molecule has 5 rings (SSSR count). The van der Waals surface area contributed by atoms with Crippen molar-refractivity contribution in [2.24, 2.45) is 23.2 Å². The van der Waals surface area contributed by atoms with E-state index in [-0.39, 0.29) is 22.6 Å². The summed E-state index contributed by atoms with van der Waals surface area (Å²) >= 11 is 0. The van der Waals surface area contributed by atoms with Crippen molar-refractivity contribution in [2.45, 2.75) is 44.9 Å². The molecule has 0 radical (unpaired) electrons. The molecule has 0 aliphatic heterocycles. The quantitative estimate of drug-likeness (QED) is 0.639. The summed E-state index contributed by atoms with van der Waals surface area (Å²) in [6.07, 6.45) is 7.81. The molecule has 7 heteroatoms. The van der Waals surface area contributed by atoms with E-state index in [0.717, 1.165) is 37.0 Å². The Labute approximate surface area is 151 Å². The number of hydrazine groups is 1. The molecule has 4 fully saturated rings. The molecule has 7 nitrogen and oxygen atoms in total. The van der Waals surface area contributed by atoms with E-state index in [1.54, 1.807) is 0 Å². The molecule has 2 N–H and O–H groups in total. The number of carbonyl (C=O) groups is 2. The van der Waals surface area contributed by atoms with E-state index in [0.29, 0.717) is 6.42 Å². The molecule has 0 unspecified atom stereocenters. The number of hydrogen-bond donors (Lipinski definition) is 2. The van der Waals surface area contributed by atoms with Crippen LogP contribution in [0.4, 0.5) is 5.69 Å². The van der Waals surface area contributed by atoms with Crippen molar-refractivity contribution < 1.29 is 14.5 Å². The Morgan fingerprint density at radius 2 is 1.69 bits per heavy atom. The van der Waals surface area contributed by atoms with Crippen LogP contribution in [0.2, 0.25) is 0 Å². The minimum Gasteiger partial charge on any atom is -0.273 e. The molecule has 0 aromatic heterocycles. The lowest BCUT2D eigenvalue weighted by Crippen LogP contribution is -2.50. The van der Waals surface area contributed by atoms with Crippen molar-refractivity contribution in [3.05, 3.63) is 39.9 Å². The van der Waals surface area contributed by atoms with Crippen molar-refractivity contribution in [2.75, 3.05) is 0 Å². The number of non-ortho nitro benzene ring substituents is 1. The average Bonchev–Trinajstić information content (AvgIpc) is 2.58. The van der Waals surface area contributed by atoms with E-state index < -0.39 is 10.8 Å². The van der Waals surface area contributed by atoms with Crippen LogP contribution in [-0.2, 0) is 4.79 Å². The minimum atomic E-state index is -0.553. The Bertz CT molecular complexity index is 726. The number of benzene rings is 1. The van der Waals surface area contributed by atoms with Crippen LogP contribution in [0.15, 0.2) is 24.3 Å². The smallest absolute Gasteiger partial charge is 0.270 e. The van der Waals surface area contributed by atoms with Crippen molar-refractivity contribution in [1.82, 2.24) is 10.9 Å². The van der Waals surface area contributed by atoms with E-state index in [2.05, 4.69) is 10.9 Å². The third-order valence-electron chi connectivity index (χ3n) is 6.34. The van der Waals surface area contributed by atoms with Crippen LogP contribution in [0, 0.1) is 33.3 Å². The molecule has 0 atom stereocenters. The topological polar surface area (TPSA) is 101 Å². The molecule has 4 aliphatic rings. The summed E-state index contributed by atoms with van der Waals surface area (Å²) in [4.78, 5) is 34.8. The molecular weight excluding hydrogens is 334 g/mol. The first kappa shape index (κ1) is 17.0. The first-order valence-electron chi connectivity index (χ1n) is 9.26. The molecule has 4 saturated carbocycles. The Morgan fingerprint density at radius 1 is 1.08 bits per heavy atom. The maximum Gasteiger partial charge on any atom is 0.270 e. The highest BCUT2D eigenvalue weighted by Crippen LogP contribution is 2.61. The van der Waals surface area contributed by atoms with Gasteiger partial charge in [-0.1, -0.05) is 6.07 Å². The van der Waals surface area contributed by atoms with E-state index >= 15 is 0 Å². The molecule has 1 aromatic carbocycles. The molecule has 0 heterocycles. The van der Waals surface area contributed by atoms with Gasteiger partial charge in [-0.2, -0.15) is 0 Å². The van der Waals surface area contributed by atoms with Crippen LogP contribution in [0.25, 0.3) is 0 Å². The molecule has 26 heavy (non-hydrogen) atoms. The Morgan fingerprint density at radius 3 is 2.27 bits per heavy atom. The number of hydrogen-bond acceptors (Lipinski definition) is 4. The van der Waals surface area contributed by atoms with Crippen LogP contribution in [0.1, 0.15) is 55.3 Å². The molecule has 4 bridgehead atoms. The second-order valence-corrected chi connectivity index (χ2v) is 8.40. The number of carbonyl (C=O) groups excluding carboxylic acids is 2. The van der Waals surface area contributed by atoms with Gasteiger partial charge in [-0.25, -0.2) is 0 Å². The molecule has 0 spiro atoms. The molecule has 4 aliphatic carbocycles. The van der Waals surface area contributed by atoms with E-state index in [4.69, 9.17) is 0 Å². The van der Waals surface area contributed by atoms with Gasteiger partial charge < -0.3 is 0 Å². The third-order valence-corrected chi connectivity index (χ3v) is 6.34. The van der Waals surface area contributed by atoms with E-state index in [1.807, 2.05) is 0 Å². The summed E-state index contributed by atoms with van der Waals surface area (Å²) in [6, 6.07) is 5.45. The van der Waals surface area contributed by atoms with Gasteiger partial charge in [0, 0.05) is 24.1 Å². The van der Waals surface area contributed by atoms with Crippen LogP contribution in [0.5, 0.6) is 0 Å². The number of amides is 2. The lowest BCUT2D eigenvalue weighted by atomic mass is 9.49. The maximum absolute atomic E-state index is 12.4. The molecule has 2 amide bonds. The first-order valence-corrected chi connectivity index (χ1v) is 9.26. The van der Waals surface area contributed by atoms with Crippen LogP contribution >= 0.6 is 0 Å². The minimum absolute atomic E-state index is 0.106. The van der Waals surface area contributed by atoms with E-state index in [9.17, 15) is 19.7 Å². The lowest BCUT2D eigenvalue weighted by Gasteiger charge is -2.56. The van der Waals surface area contributed by atoms with Gasteiger partial charge in [-0.05, 0) is 67.8 Å². The van der Waals surface area contributed by atoms with Gasteiger partial charge in [0.15, 0.2) is 0 Å². The monoisotopic (exact) mass is 357 g/mol. The van der Waals surface area contributed by atoms with Crippen molar-refractivity contribution in [3.8, 4) is 0 Å². The lowest BCUT2D eigenvalue weighted by molar-refractivity contribution is -0.384. The van der Waals surface area contributed by atoms with Crippen LogP contribution < -0.4 is 10.9 Å². The van der Waals surface area contributed by atoms with Crippen molar-refractivity contribution >= 4 is 17.5 Å². The van der Waals surface area contributed by atoms with E-state index in [1.165, 1.54) is 43.5 Å². The van der Waals surface area contributed by atoms with Gasteiger partial charge >= 0.3 is 0 Å². The molecule has 138 valence electrons. The SMILES string of the molecule is O=C(CC12CC3CC(CC(C3)C1)C2)NNC(=O)c1cccc([N+](=O)[O-])c1. The average molecular weight is 357 g/mol. The Hall–Kier alpha value is -2.44. The van der Waals surface area contributed by atoms with Crippen molar-refractivity contribution in [3.63, 3.8) is 0 Å². The highest BCUT2D eigenvalue weighted by molar-refractivity contribution is 5.95. The number of rotatable bonds is 4.